The van der Waals surface area contributed by atoms with Crippen LogP contribution in [0.25, 0.3) is 0 Å². The molecule has 19 heavy (non-hydrogen) atoms. The van der Waals surface area contributed by atoms with Gasteiger partial charge in [-0.2, -0.15) is 0 Å². The largest absolute Gasteiger partial charge is 0.478 e. The third-order valence-electron chi connectivity index (χ3n) is 3.18. The molecule has 2 rings (SSSR count). The van der Waals surface area contributed by atoms with E-state index in [0.29, 0.717) is 13.2 Å². The van der Waals surface area contributed by atoms with Crippen molar-refractivity contribution < 1.29 is 19.0 Å². The molecule has 2 heterocycles. The number of rotatable bonds is 5. The minimum atomic E-state index is -1.32. The fraction of sp³-hybridized carbons (Fsp3) is 0.538. The van der Waals surface area contributed by atoms with Gasteiger partial charge in [-0.25, -0.2) is 14.2 Å². The Bertz CT molecular complexity index is 448. The van der Waals surface area contributed by atoms with Crippen molar-refractivity contribution in [3.63, 3.8) is 0 Å². The van der Waals surface area contributed by atoms with Gasteiger partial charge in [-0.3, -0.25) is 4.90 Å². The molecule has 1 aromatic rings. The second kappa shape index (κ2) is 6.47. The van der Waals surface area contributed by atoms with Crippen molar-refractivity contribution in [3.8, 4) is 5.88 Å². The number of aromatic carboxylic acids is 1. The Balaban J connectivity index is 1.88. The molecule has 1 aromatic heterocycles. The summed E-state index contributed by atoms with van der Waals surface area (Å²) < 4.78 is 18.9. The van der Waals surface area contributed by atoms with E-state index in [4.69, 9.17) is 9.84 Å². The highest BCUT2D eigenvalue weighted by Gasteiger charge is 2.16. The Morgan fingerprint density at radius 3 is 2.84 bits per heavy atom. The molecule has 0 spiro atoms. The molecule has 1 fully saturated rings. The first-order valence-corrected chi connectivity index (χ1v) is 6.41. The van der Waals surface area contributed by atoms with E-state index in [9.17, 15) is 9.18 Å². The summed E-state index contributed by atoms with van der Waals surface area (Å²) in [5, 5.41) is 8.79. The summed E-state index contributed by atoms with van der Waals surface area (Å²) in [7, 11) is 0. The number of carboxylic acid groups (broad SMARTS) is 1. The molecule has 0 aliphatic carbocycles. The smallest absolute Gasteiger partial charge is 0.338 e. The topological polar surface area (TPSA) is 62.7 Å². The van der Waals surface area contributed by atoms with Crippen molar-refractivity contribution in [2.45, 2.75) is 19.3 Å². The SMILES string of the molecule is O=C(O)c1ccnc(OCCN2CCCCC2)c1F. The van der Waals surface area contributed by atoms with Crippen LogP contribution in [0.1, 0.15) is 29.6 Å². The Morgan fingerprint density at radius 1 is 1.42 bits per heavy atom. The number of nitrogens with zero attached hydrogens (tertiary/aromatic N) is 2. The molecule has 0 atom stereocenters. The average molecular weight is 268 g/mol. The molecule has 0 unspecified atom stereocenters. The van der Waals surface area contributed by atoms with Crippen LogP contribution < -0.4 is 4.74 Å². The van der Waals surface area contributed by atoms with E-state index in [1.54, 1.807) is 0 Å². The third-order valence-corrected chi connectivity index (χ3v) is 3.18. The zero-order valence-electron chi connectivity index (χ0n) is 10.6. The van der Waals surface area contributed by atoms with Gasteiger partial charge in [-0.05, 0) is 32.0 Å². The molecule has 6 heteroatoms. The lowest BCUT2D eigenvalue weighted by Gasteiger charge is -2.26. The quantitative estimate of drug-likeness (QED) is 0.882. The van der Waals surface area contributed by atoms with Crippen molar-refractivity contribution in [1.82, 2.24) is 9.88 Å². The predicted octanol–water partition coefficient (Wildman–Crippen LogP) is 1.78. The number of aromatic nitrogens is 1. The van der Waals surface area contributed by atoms with E-state index in [2.05, 4.69) is 9.88 Å². The number of piperidine rings is 1. The number of likely N-dealkylation sites (tertiary alicyclic amines) is 1. The predicted molar refractivity (Wildman–Crippen MR) is 66.9 cm³/mol. The first-order chi connectivity index (χ1) is 9.18. The standard InChI is InChI=1S/C13H17FN2O3/c14-11-10(13(17)18)4-5-15-12(11)19-9-8-16-6-2-1-3-7-16/h4-5H,1-3,6-9H2,(H,17,18). The van der Waals surface area contributed by atoms with Gasteiger partial charge in [0.2, 0.25) is 0 Å². The summed E-state index contributed by atoms with van der Waals surface area (Å²) in [5.74, 6) is -2.47. The maximum Gasteiger partial charge on any atom is 0.338 e. The molecular weight excluding hydrogens is 251 g/mol. The molecule has 104 valence electrons. The van der Waals surface area contributed by atoms with Crippen LogP contribution in [0.5, 0.6) is 5.88 Å². The van der Waals surface area contributed by atoms with Gasteiger partial charge in [-0.1, -0.05) is 6.42 Å². The van der Waals surface area contributed by atoms with Gasteiger partial charge in [0.25, 0.3) is 5.88 Å². The van der Waals surface area contributed by atoms with Crippen molar-refractivity contribution in [3.05, 3.63) is 23.6 Å². The summed E-state index contributed by atoms with van der Waals surface area (Å²) in [4.78, 5) is 16.7. The number of ether oxygens (including phenoxy) is 1. The number of carboxylic acids is 1. The number of carbonyl (C=O) groups is 1. The average Bonchev–Trinajstić information content (AvgIpc) is 2.41. The van der Waals surface area contributed by atoms with Crippen LogP contribution in [0.15, 0.2) is 12.3 Å². The highest BCUT2D eigenvalue weighted by Crippen LogP contribution is 2.17. The number of hydrogen-bond acceptors (Lipinski definition) is 4. The van der Waals surface area contributed by atoms with Crippen LogP contribution in [0, 0.1) is 5.82 Å². The van der Waals surface area contributed by atoms with E-state index in [-0.39, 0.29) is 5.88 Å². The van der Waals surface area contributed by atoms with E-state index in [0.717, 1.165) is 19.2 Å². The van der Waals surface area contributed by atoms with Crippen LogP contribution in [0.2, 0.25) is 0 Å². The summed E-state index contributed by atoms with van der Waals surface area (Å²) in [6.45, 7) is 3.09. The number of pyridine rings is 1. The lowest BCUT2D eigenvalue weighted by atomic mass is 10.1. The van der Waals surface area contributed by atoms with Crippen molar-refractivity contribution in [1.29, 1.82) is 0 Å². The molecule has 0 saturated carbocycles. The van der Waals surface area contributed by atoms with E-state index in [1.807, 2.05) is 0 Å². The third kappa shape index (κ3) is 3.64. The van der Waals surface area contributed by atoms with Crippen molar-refractivity contribution >= 4 is 5.97 Å². The second-order valence-electron chi connectivity index (χ2n) is 4.53. The minimum absolute atomic E-state index is 0.239. The molecule has 0 bridgehead atoms. The molecule has 1 aliphatic rings. The van der Waals surface area contributed by atoms with Gasteiger partial charge in [0, 0.05) is 12.7 Å². The zero-order chi connectivity index (χ0) is 13.7. The first-order valence-electron chi connectivity index (χ1n) is 6.41. The monoisotopic (exact) mass is 268 g/mol. The highest BCUT2D eigenvalue weighted by molar-refractivity contribution is 5.88. The van der Waals surface area contributed by atoms with Gasteiger partial charge < -0.3 is 9.84 Å². The lowest BCUT2D eigenvalue weighted by Crippen LogP contribution is -2.33. The molecule has 0 amide bonds. The Hall–Kier alpha value is -1.69. The van der Waals surface area contributed by atoms with Gasteiger partial charge in [0.15, 0.2) is 5.82 Å². The minimum Gasteiger partial charge on any atom is -0.478 e. The van der Waals surface area contributed by atoms with E-state index >= 15 is 0 Å². The number of hydrogen-bond donors (Lipinski definition) is 1. The summed E-state index contributed by atoms with van der Waals surface area (Å²) >= 11 is 0. The first kappa shape index (κ1) is 13.7. The van der Waals surface area contributed by atoms with Crippen LogP contribution in [0.4, 0.5) is 4.39 Å². The van der Waals surface area contributed by atoms with Gasteiger partial charge in [-0.15, -0.1) is 0 Å². The molecule has 0 radical (unpaired) electrons. The van der Waals surface area contributed by atoms with Gasteiger partial charge >= 0.3 is 5.97 Å². The molecule has 0 aromatic carbocycles. The molecular formula is C13H17FN2O3. The molecule has 5 nitrogen and oxygen atoms in total. The fourth-order valence-corrected chi connectivity index (χ4v) is 2.14. The molecule has 1 aliphatic heterocycles. The van der Waals surface area contributed by atoms with Crippen LogP contribution in [-0.2, 0) is 0 Å². The zero-order valence-corrected chi connectivity index (χ0v) is 10.6. The van der Waals surface area contributed by atoms with Crippen LogP contribution in [0.3, 0.4) is 0 Å². The second-order valence-corrected chi connectivity index (χ2v) is 4.53. The van der Waals surface area contributed by atoms with E-state index < -0.39 is 17.3 Å². The van der Waals surface area contributed by atoms with Gasteiger partial charge in [0.1, 0.15) is 12.2 Å². The van der Waals surface area contributed by atoms with Crippen molar-refractivity contribution in [2.24, 2.45) is 0 Å². The molecule has 1 saturated heterocycles. The molecule has 1 N–H and O–H groups in total. The maximum absolute atomic E-state index is 13.7. The maximum atomic E-state index is 13.7. The fourth-order valence-electron chi connectivity index (χ4n) is 2.14. The Kier molecular flexibility index (Phi) is 4.68. The number of halogens is 1. The summed E-state index contributed by atoms with van der Waals surface area (Å²) in [6, 6.07) is 1.12. The highest BCUT2D eigenvalue weighted by atomic mass is 19.1. The lowest BCUT2D eigenvalue weighted by molar-refractivity contribution is 0.0690. The summed E-state index contributed by atoms with van der Waals surface area (Å²) in [6.07, 6.45) is 4.86. The van der Waals surface area contributed by atoms with Crippen LogP contribution in [-0.4, -0.2) is 47.2 Å². The Labute approximate surface area is 111 Å². The summed E-state index contributed by atoms with van der Waals surface area (Å²) in [5.41, 5.74) is -0.414. The van der Waals surface area contributed by atoms with Gasteiger partial charge in [0.05, 0.1) is 0 Å². The van der Waals surface area contributed by atoms with Crippen LogP contribution >= 0.6 is 0 Å². The normalized spacial score (nSPS) is 16.3. The Morgan fingerprint density at radius 2 is 2.16 bits per heavy atom. The van der Waals surface area contributed by atoms with E-state index in [1.165, 1.54) is 25.5 Å². The van der Waals surface area contributed by atoms with Crippen molar-refractivity contribution in [2.75, 3.05) is 26.2 Å².